The van der Waals surface area contributed by atoms with Crippen molar-refractivity contribution in [3.63, 3.8) is 0 Å². The Bertz CT molecular complexity index is 1120. The Morgan fingerprint density at radius 2 is 1.79 bits per heavy atom. The van der Waals surface area contributed by atoms with Crippen LogP contribution in [0.1, 0.15) is 45.2 Å². The van der Waals surface area contributed by atoms with Crippen molar-refractivity contribution in [1.29, 1.82) is 5.26 Å². The van der Waals surface area contributed by atoms with Crippen molar-refractivity contribution in [1.82, 2.24) is 14.8 Å². The Hall–Kier alpha value is -3.38. The van der Waals surface area contributed by atoms with Crippen molar-refractivity contribution >= 4 is 23.4 Å². The molecule has 0 aliphatic carbocycles. The molecule has 1 aromatic heterocycles. The Balaban J connectivity index is 1.73. The number of anilines is 1. The summed E-state index contributed by atoms with van der Waals surface area (Å²) in [6, 6.07) is 14.6. The van der Waals surface area contributed by atoms with Crippen LogP contribution in [-0.4, -0.2) is 25.9 Å². The number of benzene rings is 2. The number of rotatable bonds is 9. The molecule has 0 saturated carbocycles. The van der Waals surface area contributed by atoms with E-state index in [4.69, 9.17) is 10.00 Å². The van der Waals surface area contributed by atoms with E-state index in [1.165, 1.54) is 23.9 Å². The van der Waals surface area contributed by atoms with Crippen LogP contribution in [0.3, 0.4) is 0 Å². The highest BCUT2D eigenvalue weighted by atomic mass is 32.2. The average molecular weight is 468 g/mol. The Morgan fingerprint density at radius 1 is 1.12 bits per heavy atom. The first kappa shape index (κ1) is 24.3. The first-order valence-corrected chi connectivity index (χ1v) is 11.5. The zero-order valence-electron chi connectivity index (χ0n) is 18.9. The minimum Gasteiger partial charge on any atom is -0.483 e. The number of nitrogens with zero attached hydrogens (tertiary/aromatic N) is 4. The molecule has 1 N–H and O–H groups in total. The fourth-order valence-corrected chi connectivity index (χ4v) is 3.94. The van der Waals surface area contributed by atoms with Crippen LogP contribution in [0.5, 0.6) is 5.75 Å². The summed E-state index contributed by atoms with van der Waals surface area (Å²) >= 11 is 1.31. The lowest BCUT2D eigenvalue weighted by atomic mass is 10.2. The van der Waals surface area contributed by atoms with Crippen LogP contribution < -0.4 is 10.1 Å². The molecule has 2 atom stereocenters. The van der Waals surface area contributed by atoms with Gasteiger partial charge in [-0.15, -0.1) is 10.2 Å². The van der Waals surface area contributed by atoms with Gasteiger partial charge in [-0.3, -0.25) is 4.79 Å². The third-order valence-electron chi connectivity index (χ3n) is 4.72. The van der Waals surface area contributed by atoms with Crippen LogP contribution in [0, 0.1) is 23.1 Å². The second kappa shape index (κ2) is 11.0. The molecule has 0 fully saturated rings. The van der Waals surface area contributed by atoms with Crippen molar-refractivity contribution in [2.75, 3.05) is 5.32 Å². The first-order chi connectivity index (χ1) is 15.8. The third kappa shape index (κ3) is 6.56. The van der Waals surface area contributed by atoms with Gasteiger partial charge in [0, 0.05) is 12.2 Å². The number of thioether (sulfide) groups is 1. The third-order valence-corrected chi connectivity index (χ3v) is 5.80. The molecule has 0 aliphatic heterocycles. The Labute approximate surface area is 197 Å². The Kier molecular flexibility index (Phi) is 8.06. The summed E-state index contributed by atoms with van der Waals surface area (Å²) in [4.78, 5) is 12.7. The van der Waals surface area contributed by atoms with Crippen LogP contribution in [0.25, 0.3) is 0 Å². The van der Waals surface area contributed by atoms with Gasteiger partial charge in [0.15, 0.2) is 17.1 Å². The maximum atomic E-state index is 13.2. The summed E-state index contributed by atoms with van der Waals surface area (Å²) in [5.41, 5.74) is 1.15. The number of hydrogen-bond donors (Lipinski definition) is 1. The summed E-state index contributed by atoms with van der Waals surface area (Å²) in [6.07, 6.45) is -0.418. The van der Waals surface area contributed by atoms with Gasteiger partial charge in [-0.25, -0.2) is 4.39 Å². The van der Waals surface area contributed by atoms with E-state index in [0.717, 1.165) is 0 Å². The molecule has 0 aliphatic rings. The van der Waals surface area contributed by atoms with Gasteiger partial charge >= 0.3 is 0 Å². The van der Waals surface area contributed by atoms with Crippen molar-refractivity contribution in [3.05, 3.63) is 65.7 Å². The summed E-state index contributed by atoms with van der Waals surface area (Å²) < 4.78 is 21.1. The number of nitrogens with one attached hydrogen (secondary N) is 1. The zero-order valence-corrected chi connectivity index (χ0v) is 19.8. The summed E-state index contributed by atoms with van der Waals surface area (Å²) in [5.74, 6) is 0.980. The smallest absolute Gasteiger partial charge is 0.237 e. The molecule has 33 heavy (non-hydrogen) atoms. The summed E-state index contributed by atoms with van der Waals surface area (Å²) in [6.45, 7) is 8.50. The SMILES string of the molecule is CC(C)Cn1c(SC(C)C(=O)Nc2ccc(C#N)cc2)nnc1C(C)Oc1ccc(F)cc1. The van der Waals surface area contributed by atoms with Gasteiger partial charge in [-0.1, -0.05) is 25.6 Å². The van der Waals surface area contributed by atoms with E-state index >= 15 is 0 Å². The molecule has 0 saturated heterocycles. The van der Waals surface area contributed by atoms with E-state index in [1.54, 1.807) is 43.3 Å². The van der Waals surface area contributed by atoms with Gasteiger partial charge in [0.2, 0.25) is 5.91 Å². The second-order valence-corrected chi connectivity index (χ2v) is 9.31. The zero-order chi connectivity index (χ0) is 24.0. The molecule has 3 aromatic rings. The molecule has 1 amide bonds. The lowest BCUT2D eigenvalue weighted by Gasteiger charge is -2.18. The number of nitriles is 1. The number of aromatic nitrogens is 3. The monoisotopic (exact) mass is 467 g/mol. The minimum atomic E-state index is -0.433. The second-order valence-electron chi connectivity index (χ2n) is 8.00. The van der Waals surface area contributed by atoms with Crippen LogP contribution in [0.2, 0.25) is 0 Å². The lowest BCUT2D eigenvalue weighted by molar-refractivity contribution is -0.115. The molecule has 7 nitrogen and oxygen atoms in total. The van der Waals surface area contributed by atoms with E-state index in [-0.39, 0.29) is 11.7 Å². The fourth-order valence-electron chi connectivity index (χ4n) is 3.08. The van der Waals surface area contributed by atoms with Crippen molar-refractivity contribution in [3.8, 4) is 11.8 Å². The average Bonchev–Trinajstić information content (AvgIpc) is 3.17. The van der Waals surface area contributed by atoms with Gasteiger partial charge in [0.1, 0.15) is 11.6 Å². The van der Waals surface area contributed by atoms with Crippen LogP contribution in [0.4, 0.5) is 10.1 Å². The van der Waals surface area contributed by atoms with Gasteiger partial charge in [0.05, 0.1) is 16.9 Å². The maximum Gasteiger partial charge on any atom is 0.237 e. The number of ether oxygens (including phenoxy) is 1. The fraction of sp³-hybridized carbons (Fsp3) is 0.333. The molecular formula is C24H26FN5O2S. The highest BCUT2D eigenvalue weighted by molar-refractivity contribution is 8.00. The lowest BCUT2D eigenvalue weighted by Crippen LogP contribution is -2.23. The number of amides is 1. The number of hydrogen-bond acceptors (Lipinski definition) is 6. The van der Waals surface area contributed by atoms with Gasteiger partial charge in [-0.2, -0.15) is 5.26 Å². The van der Waals surface area contributed by atoms with Crippen molar-refractivity contribution in [2.24, 2.45) is 5.92 Å². The van der Waals surface area contributed by atoms with Gasteiger partial charge in [-0.05, 0) is 68.3 Å². The van der Waals surface area contributed by atoms with E-state index in [1.807, 2.05) is 11.5 Å². The molecule has 172 valence electrons. The summed E-state index contributed by atoms with van der Waals surface area (Å²) in [7, 11) is 0. The standard InChI is InChI=1S/C24H26FN5O2S/c1-15(2)14-30-22(16(3)32-21-11-7-19(25)8-12-21)28-29-24(30)33-17(4)23(31)27-20-9-5-18(13-26)6-10-20/h5-12,15-17H,14H2,1-4H3,(H,27,31). The first-order valence-electron chi connectivity index (χ1n) is 10.6. The molecule has 9 heteroatoms. The molecule has 1 heterocycles. The van der Waals surface area contributed by atoms with E-state index in [9.17, 15) is 9.18 Å². The molecule has 0 spiro atoms. The number of carbonyl (C=O) groups is 1. The van der Waals surface area contributed by atoms with Crippen molar-refractivity contribution < 1.29 is 13.9 Å². The number of halogens is 1. The predicted molar refractivity (Wildman–Crippen MR) is 125 cm³/mol. The van der Waals surface area contributed by atoms with E-state index in [0.29, 0.717) is 40.4 Å². The predicted octanol–water partition coefficient (Wildman–Crippen LogP) is 5.20. The summed E-state index contributed by atoms with van der Waals surface area (Å²) in [5, 5.41) is 20.6. The molecular weight excluding hydrogens is 441 g/mol. The largest absolute Gasteiger partial charge is 0.483 e. The normalized spacial score (nSPS) is 12.8. The molecule has 0 bridgehead atoms. The molecule has 2 aromatic carbocycles. The highest BCUT2D eigenvalue weighted by Crippen LogP contribution is 2.28. The van der Waals surface area contributed by atoms with Gasteiger partial charge < -0.3 is 14.6 Å². The number of carbonyl (C=O) groups excluding carboxylic acids is 1. The van der Waals surface area contributed by atoms with Crippen molar-refractivity contribution in [2.45, 2.75) is 50.8 Å². The molecule has 3 rings (SSSR count). The van der Waals surface area contributed by atoms with E-state index in [2.05, 4.69) is 35.4 Å². The minimum absolute atomic E-state index is 0.180. The van der Waals surface area contributed by atoms with Crippen LogP contribution >= 0.6 is 11.8 Å². The van der Waals surface area contributed by atoms with Gasteiger partial charge in [0.25, 0.3) is 0 Å². The molecule has 0 radical (unpaired) electrons. The van der Waals surface area contributed by atoms with Crippen LogP contribution in [0.15, 0.2) is 53.7 Å². The van der Waals surface area contributed by atoms with Crippen LogP contribution in [-0.2, 0) is 11.3 Å². The highest BCUT2D eigenvalue weighted by Gasteiger charge is 2.24. The Morgan fingerprint density at radius 3 is 2.39 bits per heavy atom. The van der Waals surface area contributed by atoms with E-state index < -0.39 is 11.4 Å². The quantitative estimate of drug-likeness (QED) is 0.435. The topological polar surface area (TPSA) is 92.8 Å². The maximum absolute atomic E-state index is 13.2. The molecule has 2 unspecified atom stereocenters.